The summed E-state index contributed by atoms with van der Waals surface area (Å²) in [5.74, 6) is 0.628. The van der Waals surface area contributed by atoms with E-state index in [1.54, 1.807) is 5.43 Å². The van der Waals surface area contributed by atoms with Gasteiger partial charge >= 0.3 is 0 Å². The number of amides is 2. The molecule has 0 saturated heterocycles. The highest BCUT2D eigenvalue weighted by Crippen LogP contribution is 2.11. The predicted molar refractivity (Wildman–Crippen MR) is 123 cm³/mol. The third kappa shape index (κ3) is 13.2. The van der Waals surface area contributed by atoms with Gasteiger partial charge in [-0.25, -0.2) is 15.1 Å². The fraction of sp³-hybridized carbons (Fsp3) is 0.550. The molecule has 11 heteroatoms. The number of aliphatic imine (C=N–C) groups is 1. The van der Waals surface area contributed by atoms with Crippen molar-refractivity contribution in [2.45, 2.75) is 44.9 Å². The molecule has 0 heterocycles. The van der Waals surface area contributed by atoms with E-state index in [0.29, 0.717) is 31.1 Å². The van der Waals surface area contributed by atoms with Crippen LogP contribution in [0.25, 0.3) is 0 Å². The van der Waals surface area contributed by atoms with Crippen LogP contribution in [0.3, 0.4) is 0 Å². The molecule has 0 aliphatic carbocycles. The molecule has 2 amide bonds. The Labute approximate surface area is 186 Å². The molecule has 5 N–H and O–H groups in total. The maximum Gasteiger partial charge on any atom is 0.251 e. The van der Waals surface area contributed by atoms with E-state index in [1.807, 2.05) is 30.3 Å². The third-order valence-electron chi connectivity index (χ3n) is 4.16. The van der Waals surface area contributed by atoms with Crippen LogP contribution in [0.1, 0.15) is 38.7 Å². The zero-order valence-corrected chi connectivity index (χ0v) is 18.8. The van der Waals surface area contributed by atoms with Crippen molar-refractivity contribution >= 4 is 29.5 Å². The molecule has 1 aromatic rings. The summed E-state index contributed by atoms with van der Waals surface area (Å²) in [6, 6.07) is 9.13. The Bertz CT molecular complexity index is 730. The van der Waals surface area contributed by atoms with Gasteiger partial charge in [-0.1, -0.05) is 49.6 Å². The van der Waals surface area contributed by atoms with Gasteiger partial charge in [0.1, 0.15) is 6.04 Å². The number of carbonyl (C=O) groups is 2. The largest absolute Gasteiger partial charge is 0.365 e. The first-order valence-corrected chi connectivity index (χ1v) is 11.3. The fourth-order valence-electron chi connectivity index (χ4n) is 2.57. The summed E-state index contributed by atoms with van der Waals surface area (Å²) in [6.07, 6.45) is 1.62. The number of nitro groups is 1. The van der Waals surface area contributed by atoms with Crippen molar-refractivity contribution in [2.75, 3.05) is 18.8 Å². The third-order valence-corrected chi connectivity index (χ3v) is 5.16. The van der Waals surface area contributed by atoms with Crippen LogP contribution in [-0.2, 0) is 15.3 Å². The van der Waals surface area contributed by atoms with Crippen molar-refractivity contribution in [3.8, 4) is 0 Å². The number of hydrogen-bond donors (Lipinski definition) is 4. The average Bonchev–Trinajstić information content (AvgIpc) is 2.70. The van der Waals surface area contributed by atoms with Crippen LogP contribution < -0.4 is 21.8 Å². The highest BCUT2D eigenvalue weighted by atomic mass is 32.2. The first kappa shape index (κ1) is 26.2. The lowest BCUT2D eigenvalue weighted by Gasteiger charge is -2.18. The highest BCUT2D eigenvalue weighted by molar-refractivity contribution is 7.99. The van der Waals surface area contributed by atoms with Crippen LogP contribution in [-0.4, -0.2) is 47.7 Å². The van der Waals surface area contributed by atoms with E-state index < -0.39 is 11.1 Å². The van der Waals surface area contributed by atoms with Gasteiger partial charge in [0, 0.05) is 18.8 Å². The van der Waals surface area contributed by atoms with Crippen LogP contribution in [0.2, 0.25) is 0 Å². The summed E-state index contributed by atoms with van der Waals surface area (Å²) in [5.41, 5.74) is 8.26. The number of nitrogens with one attached hydrogen (secondary N) is 3. The molecule has 0 aliphatic heterocycles. The standard InChI is InChI=1S/C20H32N6O4S/c1-15(2)10-12-22-19(28)17(9-6-11-23-20(21)25-26(29)30)24-18(27)14-31-13-16-7-4-3-5-8-16/h3-5,7-8,15,17H,6,9-14H2,1-2H3,(H,22,28)(H,24,27)(H3,21,23,25)/t17-/m0/s1. The van der Waals surface area contributed by atoms with Gasteiger partial charge in [0.2, 0.25) is 11.8 Å². The topological polar surface area (TPSA) is 152 Å². The number of thioether (sulfide) groups is 1. The molecule has 0 radical (unpaired) electrons. The molecule has 0 aromatic heterocycles. The molecule has 1 rings (SSSR count). The molecule has 0 aliphatic rings. The minimum atomic E-state index is -0.795. The Morgan fingerprint density at radius 2 is 1.94 bits per heavy atom. The van der Waals surface area contributed by atoms with E-state index in [9.17, 15) is 19.7 Å². The molecule has 31 heavy (non-hydrogen) atoms. The number of hydrazine groups is 1. The summed E-state index contributed by atoms with van der Waals surface area (Å²) >= 11 is 1.47. The van der Waals surface area contributed by atoms with Crippen molar-refractivity contribution in [3.05, 3.63) is 46.0 Å². The maximum absolute atomic E-state index is 12.5. The Hall–Kier alpha value is -2.82. The molecule has 0 unspecified atom stereocenters. The zero-order chi connectivity index (χ0) is 23.1. The first-order valence-electron chi connectivity index (χ1n) is 10.2. The molecule has 0 fully saturated rings. The van der Waals surface area contributed by atoms with Crippen molar-refractivity contribution < 1.29 is 14.6 Å². The van der Waals surface area contributed by atoms with E-state index in [2.05, 4.69) is 29.5 Å². The first-order chi connectivity index (χ1) is 14.8. The number of nitrogens with two attached hydrogens (primary N) is 1. The minimum Gasteiger partial charge on any atom is -0.365 e. The fourth-order valence-corrected chi connectivity index (χ4v) is 3.37. The van der Waals surface area contributed by atoms with Crippen LogP contribution in [0.5, 0.6) is 0 Å². The maximum atomic E-state index is 12.5. The molecule has 0 spiro atoms. The summed E-state index contributed by atoms with van der Waals surface area (Å²) < 4.78 is 0. The monoisotopic (exact) mass is 452 g/mol. The quantitative estimate of drug-likeness (QED) is 0.110. The van der Waals surface area contributed by atoms with E-state index >= 15 is 0 Å². The van der Waals surface area contributed by atoms with Crippen molar-refractivity contribution in [3.63, 3.8) is 0 Å². The molecule has 1 atom stereocenters. The van der Waals surface area contributed by atoms with Crippen LogP contribution in [0.4, 0.5) is 0 Å². The molecular weight excluding hydrogens is 420 g/mol. The van der Waals surface area contributed by atoms with Gasteiger partial charge in [-0.15, -0.1) is 11.8 Å². The van der Waals surface area contributed by atoms with Crippen molar-refractivity contribution in [1.29, 1.82) is 0 Å². The Balaban J connectivity index is 2.52. The van der Waals surface area contributed by atoms with Gasteiger partial charge in [-0.3, -0.25) is 9.59 Å². The van der Waals surface area contributed by atoms with Crippen LogP contribution in [0.15, 0.2) is 35.3 Å². The van der Waals surface area contributed by atoms with E-state index in [0.717, 1.165) is 12.0 Å². The highest BCUT2D eigenvalue weighted by Gasteiger charge is 2.20. The van der Waals surface area contributed by atoms with Crippen molar-refractivity contribution in [1.82, 2.24) is 16.1 Å². The van der Waals surface area contributed by atoms with Crippen molar-refractivity contribution in [2.24, 2.45) is 16.6 Å². The SMILES string of the molecule is CC(C)CCNC(=O)[C@H](CCCN=C(N)N[N+](=O)[O-])NC(=O)CSCc1ccccc1. The number of rotatable bonds is 14. The Kier molecular flexibility index (Phi) is 12.7. The summed E-state index contributed by atoms with van der Waals surface area (Å²) in [7, 11) is 0. The second-order valence-electron chi connectivity index (χ2n) is 7.35. The summed E-state index contributed by atoms with van der Waals surface area (Å²) in [4.78, 5) is 39.0. The molecule has 0 bridgehead atoms. The van der Waals surface area contributed by atoms with Gasteiger partial charge < -0.3 is 16.4 Å². The van der Waals surface area contributed by atoms with E-state index in [1.165, 1.54) is 11.8 Å². The lowest BCUT2D eigenvalue weighted by molar-refractivity contribution is -0.525. The zero-order valence-electron chi connectivity index (χ0n) is 18.0. The lowest BCUT2D eigenvalue weighted by Crippen LogP contribution is -2.47. The van der Waals surface area contributed by atoms with Gasteiger partial charge in [0.15, 0.2) is 5.03 Å². The van der Waals surface area contributed by atoms with Gasteiger partial charge in [-0.2, -0.15) is 0 Å². The van der Waals surface area contributed by atoms with Crippen LogP contribution in [0, 0.1) is 16.0 Å². The number of benzene rings is 1. The number of hydrogen-bond acceptors (Lipinski definition) is 6. The predicted octanol–water partition coefficient (Wildman–Crippen LogP) is 1.44. The summed E-state index contributed by atoms with van der Waals surface area (Å²) in [6.45, 7) is 4.86. The number of carbonyl (C=O) groups excluding carboxylic acids is 2. The average molecular weight is 453 g/mol. The Morgan fingerprint density at radius 3 is 2.58 bits per heavy atom. The van der Waals surface area contributed by atoms with Gasteiger partial charge in [0.05, 0.1) is 5.75 Å². The molecule has 0 saturated carbocycles. The van der Waals surface area contributed by atoms with Gasteiger partial charge in [0.25, 0.3) is 5.96 Å². The molecule has 172 valence electrons. The number of nitrogens with zero attached hydrogens (tertiary/aromatic N) is 2. The minimum absolute atomic E-state index is 0.196. The van der Waals surface area contributed by atoms with Crippen LogP contribution >= 0.6 is 11.8 Å². The van der Waals surface area contributed by atoms with E-state index in [-0.39, 0.29) is 30.1 Å². The molecule has 10 nitrogen and oxygen atoms in total. The second kappa shape index (κ2) is 15.1. The van der Waals surface area contributed by atoms with Gasteiger partial charge in [-0.05, 0) is 30.7 Å². The lowest BCUT2D eigenvalue weighted by atomic mass is 10.1. The molecule has 1 aromatic carbocycles. The molecular formula is C20H32N6O4S. The summed E-state index contributed by atoms with van der Waals surface area (Å²) in [5, 5.41) is 15.2. The smallest absolute Gasteiger partial charge is 0.251 e. The number of guanidine groups is 1. The Morgan fingerprint density at radius 1 is 1.23 bits per heavy atom. The normalized spacial score (nSPS) is 12.3. The van der Waals surface area contributed by atoms with E-state index in [4.69, 9.17) is 5.73 Å². The second-order valence-corrected chi connectivity index (χ2v) is 8.34.